The molecule has 3 fully saturated rings. The lowest BCUT2D eigenvalue weighted by Crippen LogP contribution is -2.54. The number of rotatable bonds is 5. The molecule has 162 valence electrons. The molecule has 0 aromatic carbocycles. The van der Waals surface area contributed by atoms with Crippen LogP contribution in [0, 0.1) is 34.0 Å². The molecule has 0 aromatic heterocycles. The predicted octanol–water partition coefficient (Wildman–Crippen LogP) is 3.29. The molecule has 3 rings (SSSR count). The second-order valence-electron chi connectivity index (χ2n) is 11.3. The van der Waals surface area contributed by atoms with Crippen molar-refractivity contribution in [3.05, 3.63) is 0 Å². The Bertz CT molecular complexity index is 604. The van der Waals surface area contributed by atoms with Gasteiger partial charge in [-0.2, -0.15) is 0 Å². The maximum atomic E-state index is 11.3. The fourth-order valence-electron chi connectivity index (χ4n) is 7.70. The van der Waals surface area contributed by atoms with Crippen LogP contribution < -0.4 is 0 Å². The molecule has 0 amide bonds. The Morgan fingerprint density at radius 1 is 1.18 bits per heavy atom. The standard InChI is InChI=1S/C23H40O5/c1-15(25)28-13-19(26)23(27,14-24)16-11-18-21(4,12-16)10-7-17-20(2,3)8-6-9-22(17,18)5/h16-19,24,26-27H,6-14H2,1-5H3. The van der Waals surface area contributed by atoms with Gasteiger partial charge in [0.2, 0.25) is 0 Å². The Morgan fingerprint density at radius 3 is 2.46 bits per heavy atom. The molecule has 3 aliphatic rings. The van der Waals surface area contributed by atoms with Crippen molar-refractivity contribution in [2.24, 2.45) is 34.0 Å². The van der Waals surface area contributed by atoms with Gasteiger partial charge in [0.15, 0.2) is 0 Å². The van der Waals surface area contributed by atoms with Crippen LogP contribution in [-0.2, 0) is 9.53 Å². The van der Waals surface area contributed by atoms with Crippen molar-refractivity contribution in [3.8, 4) is 0 Å². The third-order valence-corrected chi connectivity index (χ3v) is 9.13. The van der Waals surface area contributed by atoms with Gasteiger partial charge in [-0.1, -0.05) is 34.1 Å². The molecule has 5 nitrogen and oxygen atoms in total. The summed E-state index contributed by atoms with van der Waals surface area (Å²) in [6.07, 6.45) is 6.44. The number of fused-ring (bicyclic) bond motifs is 3. The minimum Gasteiger partial charge on any atom is -0.463 e. The minimum atomic E-state index is -1.63. The second-order valence-corrected chi connectivity index (χ2v) is 11.3. The van der Waals surface area contributed by atoms with Crippen molar-refractivity contribution in [1.29, 1.82) is 0 Å². The highest BCUT2D eigenvalue weighted by Gasteiger charge is 2.63. The Labute approximate surface area is 169 Å². The first-order valence-electron chi connectivity index (χ1n) is 11.0. The molecule has 0 radical (unpaired) electrons. The zero-order valence-corrected chi connectivity index (χ0v) is 18.3. The van der Waals surface area contributed by atoms with E-state index in [4.69, 9.17) is 4.74 Å². The van der Waals surface area contributed by atoms with Gasteiger partial charge in [0.25, 0.3) is 0 Å². The topological polar surface area (TPSA) is 87.0 Å². The molecule has 0 bridgehead atoms. The van der Waals surface area contributed by atoms with E-state index in [1.54, 1.807) is 0 Å². The van der Waals surface area contributed by atoms with Crippen LogP contribution in [0.3, 0.4) is 0 Å². The lowest BCUT2D eigenvalue weighted by molar-refractivity contribution is -0.170. The Kier molecular flexibility index (Phi) is 5.70. The van der Waals surface area contributed by atoms with Crippen molar-refractivity contribution in [2.75, 3.05) is 13.2 Å². The van der Waals surface area contributed by atoms with Crippen molar-refractivity contribution in [2.45, 2.75) is 91.3 Å². The summed E-state index contributed by atoms with van der Waals surface area (Å²) in [5.41, 5.74) is -0.936. The molecule has 5 heteroatoms. The molecule has 3 N–H and O–H groups in total. The summed E-state index contributed by atoms with van der Waals surface area (Å²) in [7, 11) is 0. The molecule has 7 atom stereocenters. The number of hydrogen-bond acceptors (Lipinski definition) is 5. The molecule has 0 saturated heterocycles. The van der Waals surface area contributed by atoms with Crippen LogP contribution in [0.5, 0.6) is 0 Å². The number of aliphatic hydroxyl groups excluding tert-OH is 2. The van der Waals surface area contributed by atoms with E-state index in [0.717, 1.165) is 19.3 Å². The highest BCUT2D eigenvalue weighted by molar-refractivity contribution is 5.65. The van der Waals surface area contributed by atoms with E-state index in [1.807, 2.05) is 0 Å². The van der Waals surface area contributed by atoms with E-state index in [-0.39, 0.29) is 23.4 Å². The van der Waals surface area contributed by atoms with E-state index < -0.39 is 24.3 Å². The third kappa shape index (κ3) is 3.41. The fourth-order valence-corrected chi connectivity index (χ4v) is 7.70. The van der Waals surface area contributed by atoms with Crippen molar-refractivity contribution < 1.29 is 24.9 Å². The second kappa shape index (κ2) is 7.24. The van der Waals surface area contributed by atoms with E-state index in [2.05, 4.69) is 27.7 Å². The molecular weight excluding hydrogens is 356 g/mol. The first-order valence-corrected chi connectivity index (χ1v) is 11.0. The maximum Gasteiger partial charge on any atom is 0.302 e. The van der Waals surface area contributed by atoms with Gasteiger partial charge in [0, 0.05) is 6.92 Å². The van der Waals surface area contributed by atoms with Crippen molar-refractivity contribution >= 4 is 5.97 Å². The summed E-state index contributed by atoms with van der Waals surface area (Å²) in [6, 6.07) is 0. The fraction of sp³-hybridized carbons (Fsp3) is 0.957. The predicted molar refractivity (Wildman–Crippen MR) is 107 cm³/mol. The minimum absolute atomic E-state index is 0.119. The normalized spacial score (nSPS) is 42.8. The quantitative estimate of drug-likeness (QED) is 0.621. The summed E-state index contributed by atoms with van der Waals surface area (Å²) >= 11 is 0. The monoisotopic (exact) mass is 396 g/mol. The van der Waals surface area contributed by atoms with Crippen LogP contribution in [0.25, 0.3) is 0 Å². The number of ether oxygens (including phenoxy) is 1. The number of aliphatic hydroxyl groups is 3. The summed E-state index contributed by atoms with van der Waals surface area (Å²) in [4.78, 5) is 11.1. The van der Waals surface area contributed by atoms with Gasteiger partial charge in [-0.25, -0.2) is 0 Å². The zero-order chi connectivity index (χ0) is 21.0. The van der Waals surface area contributed by atoms with Gasteiger partial charge < -0.3 is 20.1 Å². The van der Waals surface area contributed by atoms with Gasteiger partial charge in [-0.15, -0.1) is 0 Å². The SMILES string of the molecule is CC(=O)OCC(O)C(O)(CO)C1CC2C(C)(CCC3C(C)(C)CCCC32C)C1. The molecule has 0 aliphatic heterocycles. The van der Waals surface area contributed by atoms with Crippen molar-refractivity contribution in [1.82, 2.24) is 0 Å². The summed E-state index contributed by atoms with van der Waals surface area (Å²) in [5, 5.41) is 31.9. The molecule has 3 saturated carbocycles. The van der Waals surface area contributed by atoms with Gasteiger partial charge in [0.05, 0.1) is 6.61 Å². The summed E-state index contributed by atoms with van der Waals surface area (Å²) < 4.78 is 4.93. The molecule has 0 heterocycles. The lowest BCUT2D eigenvalue weighted by atomic mass is 9.44. The summed E-state index contributed by atoms with van der Waals surface area (Å²) in [5.74, 6) is 0.464. The van der Waals surface area contributed by atoms with E-state index >= 15 is 0 Å². The molecule has 7 unspecified atom stereocenters. The van der Waals surface area contributed by atoms with Gasteiger partial charge >= 0.3 is 5.97 Å². The van der Waals surface area contributed by atoms with Gasteiger partial charge in [-0.3, -0.25) is 4.79 Å². The first kappa shape index (κ1) is 22.0. The molecule has 0 aromatic rings. The molecule has 28 heavy (non-hydrogen) atoms. The van der Waals surface area contributed by atoms with Crippen LogP contribution in [0.4, 0.5) is 0 Å². The average Bonchev–Trinajstić information content (AvgIpc) is 2.97. The van der Waals surface area contributed by atoms with E-state index in [9.17, 15) is 20.1 Å². The summed E-state index contributed by atoms with van der Waals surface area (Å²) in [6.45, 7) is 10.1. The Balaban J connectivity index is 1.85. The first-order chi connectivity index (χ1) is 12.9. The van der Waals surface area contributed by atoms with Crippen LogP contribution in [0.2, 0.25) is 0 Å². The van der Waals surface area contributed by atoms with Gasteiger partial charge in [0.1, 0.15) is 18.3 Å². The maximum absolute atomic E-state index is 11.3. The number of hydrogen-bond donors (Lipinski definition) is 3. The Hall–Kier alpha value is -0.650. The van der Waals surface area contributed by atoms with Gasteiger partial charge in [-0.05, 0) is 72.5 Å². The molecule has 3 aliphatic carbocycles. The zero-order valence-electron chi connectivity index (χ0n) is 18.3. The van der Waals surface area contributed by atoms with E-state index in [1.165, 1.54) is 32.6 Å². The number of carbonyl (C=O) groups excluding carboxylic acids is 1. The van der Waals surface area contributed by atoms with Crippen molar-refractivity contribution in [3.63, 3.8) is 0 Å². The molecular formula is C23H40O5. The van der Waals surface area contributed by atoms with Crippen LogP contribution in [0.1, 0.15) is 79.6 Å². The average molecular weight is 397 g/mol. The van der Waals surface area contributed by atoms with E-state index in [0.29, 0.717) is 17.3 Å². The van der Waals surface area contributed by atoms with Crippen LogP contribution >= 0.6 is 0 Å². The highest BCUT2D eigenvalue weighted by atomic mass is 16.5. The highest BCUT2D eigenvalue weighted by Crippen LogP contribution is 2.70. The number of carbonyl (C=O) groups is 1. The largest absolute Gasteiger partial charge is 0.463 e. The third-order valence-electron chi connectivity index (χ3n) is 9.13. The lowest BCUT2D eigenvalue weighted by Gasteiger charge is -2.61. The Morgan fingerprint density at radius 2 is 1.86 bits per heavy atom. The van der Waals surface area contributed by atoms with Crippen LogP contribution in [-0.4, -0.2) is 46.2 Å². The molecule has 0 spiro atoms. The smallest absolute Gasteiger partial charge is 0.302 e. The van der Waals surface area contributed by atoms with Crippen LogP contribution in [0.15, 0.2) is 0 Å². The number of esters is 1.